The second-order valence-electron chi connectivity index (χ2n) is 3.61. The molecular weight excluding hydrogens is 200 g/mol. The molecule has 3 rings (SSSR count). The molecule has 0 aliphatic heterocycles. The van der Waals surface area contributed by atoms with E-state index in [0.717, 1.165) is 16.8 Å². The van der Waals surface area contributed by atoms with Gasteiger partial charge in [0.15, 0.2) is 0 Å². The van der Waals surface area contributed by atoms with Gasteiger partial charge in [-0.3, -0.25) is 4.98 Å². The summed E-state index contributed by atoms with van der Waals surface area (Å²) in [4.78, 5) is 11.4. The molecule has 4 nitrogen and oxygen atoms in total. The maximum Gasteiger partial charge on any atom is 0.141 e. The Hall–Kier alpha value is -2.36. The van der Waals surface area contributed by atoms with Crippen molar-refractivity contribution < 1.29 is 0 Å². The van der Waals surface area contributed by atoms with E-state index in [1.807, 2.05) is 18.3 Å². The molecule has 0 unspecified atom stereocenters. The summed E-state index contributed by atoms with van der Waals surface area (Å²) in [7, 11) is 0. The molecule has 0 atom stereocenters. The quantitative estimate of drug-likeness (QED) is 0.647. The Balaban J connectivity index is 2.14. The Morgan fingerprint density at radius 2 is 2.00 bits per heavy atom. The largest absolute Gasteiger partial charge is 0.382 e. The van der Waals surface area contributed by atoms with Gasteiger partial charge in [-0.1, -0.05) is 12.1 Å². The standard InChI is InChI=1S/C12H10N4/c13-12-7-15-11(6-16-12)9-2-1-8-3-4-14-10(8)5-9/h1-7,14H,(H2,13,16). The molecule has 2 aromatic heterocycles. The van der Waals surface area contributed by atoms with Gasteiger partial charge in [-0.25, -0.2) is 4.98 Å². The summed E-state index contributed by atoms with van der Waals surface area (Å²) in [6, 6.07) is 8.17. The summed E-state index contributed by atoms with van der Waals surface area (Å²) in [5, 5.41) is 1.19. The summed E-state index contributed by atoms with van der Waals surface area (Å²) in [5.41, 5.74) is 8.45. The number of fused-ring (bicyclic) bond motifs is 1. The Labute approximate surface area is 92.2 Å². The van der Waals surface area contributed by atoms with E-state index in [-0.39, 0.29) is 0 Å². The van der Waals surface area contributed by atoms with E-state index >= 15 is 0 Å². The van der Waals surface area contributed by atoms with E-state index in [1.165, 1.54) is 5.39 Å². The van der Waals surface area contributed by atoms with Gasteiger partial charge in [-0.15, -0.1) is 0 Å². The molecule has 1 aromatic carbocycles. The van der Waals surface area contributed by atoms with Gasteiger partial charge < -0.3 is 10.7 Å². The van der Waals surface area contributed by atoms with Crippen molar-refractivity contribution in [1.29, 1.82) is 0 Å². The molecule has 3 aromatic rings. The first-order chi connectivity index (χ1) is 7.83. The van der Waals surface area contributed by atoms with Crippen molar-refractivity contribution in [2.75, 3.05) is 5.73 Å². The molecule has 2 heterocycles. The van der Waals surface area contributed by atoms with Gasteiger partial charge in [0.25, 0.3) is 0 Å². The molecule has 0 aliphatic rings. The summed E-state index contributed by atoms with van der Waals surface area (Å²) < 4.78 is 0. The van der Waals surface area contributed by atoms with Crippen LogP contribution in [0.1, 0.15) is 0 Å². The SMILES string of the molecule is Nc1cnc(-c2ccc3cc[nH]c3c2)cn1. The number of nitrogens with zero attached hydrogens (tertiary/aromatic N) is 2. The topological polar surface area (TPSA) is 67.6 Å². The molecule has 0 saturated carbocycles. The van der Waals surface area contributed by atoms with E-state index in [1.54, 1.807) is 12.4 Å². The van der Waals surface area contributed by atoms with Crippen LogP contribution in [-0.2, 0) is 0 Å². The predicted octanol–water partition coefficient (Wildman–Crippen LogP) is 2.21. The number of hydrogen-bond donors (Lipinski definition) is 2. The van der Waals surface area contributed by atoms with E-state index in [2.05, 4.69) is 27.1 Å². The van der Waals surface area contributed by atoms with Crippen LogP contribution in [0.2, 0.25) is 0 Å². The number of aromatic amines is 1. The third kappa shape index (κ3) is 1.40. The number of anilines is 1. The van der Waals surface area contributed by atoms with Crippen LogP contribution in [0, 0.1) is 0 Å². The third-order valence-corrected chi connectivity index (χ3v) is 2.52. The minimum atomic E-state index is 0.435. The Kier molecular flexibility index (Phi) is 1.86. The number of nitrogens with two attached hydrogens (primary N) is 1. The van der Waals surface area contributed by atoms with E-state index in [9.17, 15) is 0 Å². The van der Waals surface area contributed by atoms with Crippen molar-refractivity contribution in [1.82, 2.24) is 15.0 Å². The lowest BCUT2D eigenvalue weighted by Crippen LogP contribution is -1.92. The first-order valence-electron chi connectivity index (χ1n) is 4.98. The zero-order valence-electron chi connectivity index (χ0n) is 8.51. The fourth-order valence-corrected chi connectivity index (χ4v) is 1.69. The fraction of sp³-hybridized carbons (Fsp3) is 0. The van der Waals surface area contributed by atoms with Crippen LogP contribution >= 0.6 is 0 Å². The van der Waals surface area contributed by atoms with Crippen LogP contribution < -0.4 is 5.73 Å². The van der Waals surface area contributed by atoms with Gasteiger partial charge in [0.05, 0.1) is 18.1 Å². The molecule has 16 heavy (non-hydrogen) atoms. The molecule has 4 heteroatoms. The van der Waals surface area contributed by atoms with Crippen LogP contribution in [0.4, 0.5) is 5.82 Å². The molecule has 3 N–H and O–H groups in total. The lowest BCUT2D eigenvalue weighted by Gasteiger charge is -2.00. The number of rotatable bonds is 1. The van der Waals surface area contributed by atoms with Crippen LogP contribution in [0.15, 0.2) is 42.9 Å². The maximum atomic E-state index is 5.50. The van der Waals surface area contributed by atoms with Gasteiger partial charge in [-0.05, 0) is 17.5 Å². The lowest BCUT2D eigenvalue weighted by atomic mass is 10.1. The molecular formula is C12H10N4. The number of nitrogens with one attached hydrogen (secondary N) is 1. The Morgan fingerprint density at radius 3 is 2.81 bits per heavy atom. The summed E-state index contributed by atoms with van der Waals surface area (Å²) in [6.45, 7) is 0. The van der Waals surface area contributed by atoms with Gasteiger partial charge in [0.2, 0.25) is 0 Å². The monoisotopic (exact) mass is 210 g/mol. The molecule has 0 radical (unpaired) electrons. The lowest BCUT2D eigenvalue weighted by molar-refractivity contribution is 1.22. The molecule has 0 fully saturated rings. The molecule has 0 amide bonds. The summed E-state index contributed by atoms with van der Waals surface area (Å²) >= 11 is 0. The van der Waals surface area contributed by atoms with Crippen LogP contribution in [-0.4, -0.2) is 15.0 Å². The van der Waals surface area contributed by atoms with Crippen molar-refractivity contribution in [3.8, 4) is 11.3 Å². The minimum absolute atomic E-state index is 0.435. The molecule has 0 bridgehead atoms. The Bertz CT molecular complexity index is 625. The summed E-state index contributed by atoms with van der Waals surface area (Å²) in [5.74, 6) is 0.435. The van der Waals surface area contributed by atoms with Gasteiger partial charge in [0.1, 0.15) is 5.82 Å². The zero-order chi connectivity index (χ0) is 11.0. The second kappa shape index (κ2) is 3.34. The fourth-order valence-electron chi connectivity index (χ4n) is 1.69. The number of nitrogen functional groups attached to an aromatic ring is 1. The van der Waals surface area contributed by atoms with Gasteiger partial charge >= 0.3 is 0 Å². The third-order valence-electron chi connectivity index (χ3n) is 2.52. The highest BCUT2D eigenvalue weighted by molar-refractivity contribution is 5.84. The molecule has 0 saturated heterocycles. The highest BCUT2D eigenvalue weighted by Crippen LogP contribution is 2.21. The predicted molar refractivity (Wildman–Crippen MR) is 63.7 cm³/mol. The number of H-pyrrole nitrogens is 1. The number of aromatic nitrogens is 3. The van der Waals surface area contributed by atoms with Crippen LogP contribution in [0.5, 0.6) is 0 Å². The molecule has 0 spiro atoms. The van der Waals surface area contributed by atoms with Crippen LogP contribution in [0.3, 0.4) is 0 Å². The smallest absolute Gasteiger partial charge is 0.141 e. The zero-order valence-corrected chi connectivity index (χ0v) is 8.51. The van der Waals surface area contributed by atoms with E-state index in [0.29, 0.717) is 5.82 Å². The normalized spacial score (nSPS) is 10.8. The maximum absolute atomic E-state index is 5.50. The number of hydrogen-bond acceptors (Lipinski definition) is 3. The highest BCUT2D eigenvalue weighted by atomic mass is 14.9. The second-order valence-corrected chi connectivity index (χ2v) is 3.61. The molecule has 0 aliphatic carbocycles. The van der Waals surface area contributed by atoms with Gasteiger partial charge in [0, 0.05) is 17.3 Å². The average Bonchev–Trinajstić information content (AvgIpc) is 2.77. The van der Waals surface area contributed by atoms with Gasteiger partial charge in [-0.2, -0.15) is 0 Å². The van der Waals surface area contributed by atoms with Crippen molar-refractivity contribution in [2.24, 2.45) is 0 Å². The first-order valence-corrected chi connectivity index (χ1v) is 4.98. The van der Waals surface area contributed by atoms with Crippen LogP contribution in [0.25, 0.3) is 22.2 Å². The Morgan fingerprint density at radius 1 is 1.06 bits per heavy atom. The van der Waals surface area contributed by atoms with Crippen molar-refractivity contribution in [3.63, 3.8) is 0 Å². The first kappa shape index (κ1) is 8.91. The average molecular weight is 210 g/mol. The molecule has 78 valence electrons. The van der Waals surface area contributed by atoms with E-state index in [4.69, 9.17) is 5.73 Å². The summed E-state index contributed by atoms with van der Waals surface area (Å²) in [6.07, 6.45) is 5.16. The van der Waals surface area contributed by atoms with Crippen molar-refractivity contribution in [3.05, 3.63) is 42.9 Å². The highest BCUT2D eigenvalue weighted by Gasteiger charge is 2.01. The van der Waals surface area contributed by atoms with E-state index < -0.39 is 0 Å². The number of benzene rings is 1. The van der Waals surface area contributed by atoms with Crippen molar-refractivity contribution >= 4 is 16.7 Å². The minimum Gasteiger partial charge on any atom is -0.382 e. The van der Waals surface area contributed by atoms with Crippen molar-refractivity contribution in [2.45, 2.75) is 0 Å².